The Hall–Kier alpha value is -2.04. The van der Waals surface area contributed by atoms with Gasteiger partial charge in [-0.3, -0.25) is 9.13 Å². The van der Waals surface area contributed by atoms with Gasteiger partial charge >= 0.3 is 5.69 Å². The molecule has 102 valence electrons. The van der Waals surface area contributed by atoms with Crippen LogP contribution in [0.15, 0.2) is 35.4 Å². The molecule has 0 unspecified atom stereocenters. The van der Waals surface area contributed by atoms with Gasteiger partial charge in [-0.25, -0.2) is 9.18 Å². The first-order valence-electron chi connectivity index (χ1n) is 6.23. The Bertz CT molecular complexity index is 616. The van der Waals surface area contributed by atoms with Crippen molar-refractivity contribution >= 4 is 0 Å². The van der Waals surface area contributed by atoms with Gasteiger partial charge in [-0.15, -0.1) is 0 Å². The van der Waals surface area contributed by atoms with Crippen molar-refractivity contribution in [3.8, 4) is 5.75 Å². The first-order chi connectivity index (χ1) is 9.15. The van der Waals surface area contributed by atoms with Crippen LogP contribution in [0.2, 0.25) is 0 Å². The zero-order valence-corrected chi connectivity index (χ0v) is 11.1. The summed E-state index contributed by atoms with van der Waals surface area (Å²) in [4.78, 5) is 12.0. The van der Waals surface area contributed by atoms with Crippen LogP contribution in [0.3, 0.4) is 0 Å². The Labute approximate surface area is 111 Å². The smallest absolute Gasteiger partial charge is 0.328 e. The van der Waals surface area contributed by atoms with E-state index in [0.717, 1.165) is 12.0 Å². The molecule has 1 heterocycles. The monoisotopic (exact) mass is 264 g/mol. The predicted octanol–water partition coefficient (Wildman–Crippen LogP) is 2.26. The van der Waals surface area contributed by atoms with Crippen molar-refractivity contribution < 1.29 is 9.13 Å². The van der Waals surface area contributed by atoms with Crippen LogP contribution >= 0.6 is 0 Å². The van der Waals surface area contributed by atoms with Crippen molar-refractivity contribution in [3.05, 3.63) is 52.5 Å². The number of benzene rings is 1. The van der Waals surface area contributed by atoms with Crippen LogP contribution in [0.1, 0.15) is 18.9 Å². The number of halogens is 1. The van der Waals surface area contributed by atoms with E-state index < -0.39 is 5.82 Å². The number of methoxy groups -OCH3 is 1. The molecule has 5 heteroatoms. The topological polar surface area (TPSA) is 36.2 Å². The van der Waals surface area contributed by atoms with Crippen LogP contribution in [0.4, 0.5) is 4.39 Å². The minimum Gasteiger partial charge on any atom is -0.494 e. The maximum Gasteiger partial charge on any atom is 0.328 e. The highest BCUT2D eigenvalue weighted by Crippen LogP contribution is 2.17. The fraction of sp³-hybridized carbons (Fsp3) is 0.357. The molecule has 2 aromatic rings. The molecule has 4 nitrogen and oxygen atoms in total. The number of hydrogen-bond donors (Lipinski definition) is 0. The molecule has 0 spiro atoms. The van der Waals surface area contributed by atoms with E-state index in [-0.39, 0.29) is 11.4 Å². The van der Waals surface area contributed by atoms with Crippen LogP contribution in [-0.2, 0) is 13.1 Å². The normalized spacial score (nSPS) is 10.7. The van der Waals surface area contributed by atoms with Crippen molar-refractivity contribution in [2.24, 2.45) is 0 Å². The molecule has 2 rings (SSSR count). The summed E-state index contributed by atoms with van der Waals surface area (Å²) in [7, 11) is 1.42. The van der Waals surface area contributed by atoms with E-state index in [4.69, 9.17) is 4.74 Å². The first kappa shape index (κ1) is 13.4. The average Bonchev–Trinajstić information content (AvgIpc) is 2.72. The van der Waals surface area contributed by atoms with Crippen LogP contribution in [0, 0.1) is 5.82 Å². The fourth-order valence-electron chi connectivity index (χ4n) is 1.99. The Balaban J connectivity index is 2.22. The van der Waals surface area contributed by atoms with Gasteiger partial charge < -0.3 is 4.74 Å². The van der Waals surface area contributed by atoms with Crippen molar-refractivity contribution in [2.45, 2.75) is 26.4 Å². The summed E-state index contributed by atoms with van der Waals surface area (Å²) in [5.41, 5.74) is 0.660. The van der Waals surface area contributed by atoms with Crippen molar-refractivity contribution in [1.82, 2.24) is 9.13 Å². The highest BCUT2D eigenvalue weighted by Gasteiger charge is 2.06. The lowest BCUT2D eigenvalue weighted by molar-refractivity contribution is 0.386. The second-order valence-electron chi connectivity index (χ2n) is 4.37. The van der Waals surface area contributed by atoms with E-state index in [2.05, 4.69) is 0 Å². The summed E-state index contributed by atoms with van der Waals surface area (Å²) in [5, 5.41) is 0. The number of ether oxygens (including phenoxy) is 1. The van der Waals surface area contributed by atoms with Gasteiger partial charge in [0.15, 0.2) is 11.6 Å². The molecule has 0 N–H and O–H groups in total. The molecule has 1 aromatic carbocycles. The summed E-state index contributed by atoms with van der Waals surface area (Å²) in [6.07, 6.45) is 4.38. The van der Waals surface area contributed by atoms with Gasteiger partial charge in [0.1, 0.15) is 0 Å². The summed E-state index contributed by atoms with van der Waals surface area (Å²) >= 11 is 0. The molecule has 0 amide bonds. The number of nitrogens with zero attached hydrogens (tertiary/aromatic N) is 2. The molecule has 0 bridgehead atoms. The van der Waals surface area contributed by atoms with Gasteiger partial charge in [-0.2, -0.15) is 0 Å². The number of rotatable bonds is 5. The number of aromatic nitrogens is 2. The molecule has 0 atom stereocenters. The third-order valence-corrected chi connectivity index (χ3v) is 2.95. The second kappa shape index (κ2) is 5.73. The Kier molecular flexibility index (Phi) is 4.04. The average molecular weight is 264 g/mol. The van der Waals surface area contributed by atoms with E-state index in [0.29, 0.717) is 13.1 Å². The van der Waals surface area contributed by atoms with Gasteiger partial charge in [0.05, 0.1) is 13.7 Å². The third-order valence-electron chi connectivity index (χ3n) is 2.95. The standard InChI is InChI=1S/C14H17FN2O2/c1-3-6-16-7-8-17(14(16)18)10-11-4-5-13(19-2)12(15)9-11/h4-5,7-9H,3,6,10H2,1-2H3. The molecule has 0 radical (unpaired) electrons. The minimum absolute atomic E-state index is 0.0712. The summed E-state index contributed by atoms with van der Waals surface area (Å²) in [6, 6.07) is 4.71. The molecule has 19 heavy (non-hydrogen) atoms. The van der Waals surface area contributed by atoms with E-state index >= 15 is 0 Å². The van der Waals surface area contributed by atoms with Gasteiger partial charge in [0.2, 0.25) is 0 Å². The zero-order chi connectivity index (χ0) is 13.8. The highest BCUT2D eigenvalue weighted by molar-refractivity contribution is 5.29. The maximum atomic E-state index is 13.6. The molecule has 1 aromatic heterocycles. The van der Waals surface area contributed by atoms with Crippen LogP contribution in [-0.4, -0.2) is 16.2 Å². The van der Waals surface area contributed by atoms with Crippen molar-refractivity contribution in [2.75, 3.05) is 7.11 Å². The molecule has 0 aliphatic rings. The van der Waals surface area contributed by atoms with Crippen LogP contribution < -0.4 is 10.4 Å². The summed E-state index contributed by atoms with van der Waals surface area (Å²) < 4.78 is 21.6. The molecule has 0 fully saturated rings. The zero-order valence-electron chi connectivity index (χ0n) is 11.1. The molecular weight excluding hydrogens is 247 g/mol. The van der Waals surface area contributed by atoms with Crippen LogP contribution in [0.25, 0.3) is 0 Å². The fourth-order valence-corrected chi connectivity index (χ4v) is 1.99. The minimum atomic E-state index is -0.416. The quantitative estimate of drug-likeness (QED) is 0.830. The Morgan fingerprint density at radius 2 is 2.00 bits per heavy atom. The van der Waals surface area contributed by atoms with E-state index in [1.54, 1.807) is 33.7 Å². The molecule has 0 aliphatic heterocycles. The van der Waals surface area contributed by atoms with Crippen molar-refractivity contribution in [3.63, 3.8) is 0 Å². The Morgan fingerprint density at radius 1 is 1.26 bits per heavy atom. The SMILES string of the molecule is CCCn1ccn(Cc2ccc(OC)c(F)c2)c1=O. The van der Waals surface area contributed by atoms with Crippen LogP contribution in [0.5, 0.6) is 5.75 Å². The van der Waals surface area contributed by atoms with E-state index in [9.17, 15) is 9.18 Å². The summed E-state index contributed by atoms with van der Waals surface area (Å²) in [5.74, 6) is -0.208. The van der Waals surface area contributed by atoms with E-state index in [1.165, 1.54) is 13.2 Å². The van der Waals surface area contributed by atoms with Gasteiger partial charge in [0, 0.05) is 18.9 Å². The highest BCUT2D eigenvalue weighted by atomic mass is 19.1. The largest absolute Gasteiger partial charge is 0.494 e. The molecule has 0 saturated carbocycles. The maximum absolute atomic E-state index is 13.6. The van der Waals surface area contributed by atoms with E-state index in [1.807, 2.05) is 6.92 Å². The second-order valence-corrected chi connectivity index (χ2v) is 4.37. The first-order valence-corrected chi connectivity index (χ1v) is 6.23. The number of imidazole rings is 1. The lowest BCUT2D eigenvalue weighted by atomic mass is 10.2. The Morgan fingerprint density at radius 3 is 2.63 bits per heavy atom. The van der Waals surface area contributed by atoms with Crippen molar-refractivity contribution in [1.29, 1.82) is 0 Å². The molecule has 0 saturated heterocycles. The van der Waals surface area contributed by atoms with Gasteiger partial charge in [-0.05, 0) is 24.1 Å². The number of aryl methyl sites for hydroxylation is 1. The summed E-state index contributed by atoms with van der Waals surface area (Å²) in [6.45, 7) is 3.07. The molecule has 0 aliphatic carbocycles. The van der Waals surface area contributed by atoms with Gasteiger partial charge in [0.25, 0.3) is 0 Å². The predicted molar refractivity (Wildman–Crippen MR) is 71.0 cm³/mol. The molecular formula is C14H17FN2O2. The van der Waals surface area contributed by atoms with Gasteiger partial charge in [-0.1, -0.05) is 13.0 Å². The number of hydrogen-bond acceptors (Lipinski definition) is 2. The lowest BCUT2D eigenvalue weighted by Crippen LogP contribution is -2.24. The lowest BCUT2D eigenvalue weighted by Gasteiger charge is -2.05. The third kappa shape index (κ3) is 2.86.